The summed E-state index contributed by atoms with van der Waals surface area (Å²) < 4.78 is 17.0. The highest BCUT2D eigenvalue weighted by Crippen LogP contribution is 2.48. The Bertz CT molecular complexity index is 596. The summed E-state index contributed by atoms with van der Waals surface area (Å²) in [4.78, 5) is 15.0. The van der Waals surface area contributed by atoms with Gasteiger partial charge in [0, 0.05) is 24.9 Å². The van der Waals surface area contributed by atoms with Gasteiger partial charge in [0.2, 0.25) is 5.60 Å². The van der Waals surface area contributed by atoms with Crippen molar-refractivity contribution in [3.63, 3.8) is 0 Å². The van der Waals surface area contributed by atoms with Gasteiger partial charge in [-0.25, -0.2) is 4.79 Å². The molecule has 6 atom stereocenters. The minimum absolute atomic E-state index is 0.0140. The molecule has 2 unspecified atom stereocenters. The molecule has 1 aromatic rings. The van der Waals surface area contributed by atoms with Gasteiger partial charge in [-0.1, -0.05) is 30.3 Å². The highest BCUT2D eigenvalue weighted by atomic mass is 16.6. The summed E-state index contributed by atoms with van der Waals surface area (Å²) in [5, 5.41) is 0. The maximum absolute atomic E-state index is 12.6. The lowest BCUT2D eigenvalue weighted by atomic mass is 9.97. The van der Waals surface area contributed by atoms with Crippen molar-refractivity contribution in [1.29, 1.82) is 0 Å². The fraction of sp³-hybridized carbons (Fsp3) is 0.588. The number of fused-ring (bicyclic) bond motifs is 5. The van der Waals surface area contributed by atoms with Gasteiger partial charge in [0.15, 0.2) is 0 Å². The van der Waals surface area contributed by atoms with Crippen molar-refractivity contribution in [2.75, 3.05) is 13.7 Å². The van der Waals surface area contributed by atoms with Crippen molar-refractivity contribution in [3.8, 4) is 0 Å². The Kier molecular flexibility index (Phi) is 2.56. The second kappa shape index (κ2) is 4.31. The lowest BCUT2D eigenvalue weighted by Gasteiger charge is -2.38. The van der Waals surface area contributed by atoms with Crippen LogP contribution in [0.2, 0.25) is 0 Å². The molecule has 0 amide bonds. The van der Waals surface area contributed by atoms with Gasteiger partial charge in [0.05, 0.1) is 6.61 Å². The molecule has 0 N–H and O–H groups in total. The lowest BCUT2D eigenvalue weighted by molar-refractivity contribution is -0.160. The third kappa shape index (κ3) is 1.73. The van der Waals surface area contributed by atoms with Crippen LogP contribution in [0.1, 0.15) is 18.4 Å². The first-order valence-corrected chi connectivity index (χ1v) is 7.97. The molecule has 1 aromatic carbocycles. The zero-order chi connectivity index (χ0) is 14.9. The molecule has 22 heavy (non-hydrogen) atoms. The fourth-order valence-electron chi connectivity index (χ4n) is 4.23. The van der Waals surface area contributed by atoms with Gasteiger partial charge in [-0.3, -0.25) is 4.90 Å². The van der Waals surface area contributed by atoms with Gasteiger partial charge < -0.3 is 14.2 Å². The molecule has 0 spiro atoms. The maximum atomic E-state index is 12.6. The van der Waals surface area contributed by atoms with Gasteiger partial charge in [-0.05, 0) is 12.6 Å². The standard InChI is InChI=1S/C17H19NO4/c1-18-12-7-11(8-13(18)15-14(12)22-15)21-16(19)17(9-20-17)10-5-3-2-4-6-10/h2-6,11-15H,7-9H2,1H3/t11?,12-,13+,14-,15+,17?. The Morgan fingerprint density at radius 1 is 1.23 bits per heavy atom. The summed E-state index contributed by atoms with van der Waals surface area (Å²) in [6, 6.07) is 10.4. The largest absolute Gasteiger partial charge is 0.460 e. The molecule has 0 aromatic heterocycles. The van der Waals surface area contributed by atoms with Gasteiger partial charge in [-0.2, -0.15) is 0 Å². The SMILES string of the molecule is CN1[C@@H]2CC(OC(=O)C3(c4ccccc4)CO3)C[C@H]1[C@@H]1O[C@@H]12. The van der Waals surface area contributed by atoms with Crippen molar-refractivity contribution in [3.05, 3.63) is 35.9 Å². The number of epoxide rings is 2. The topological polar surface area (TPSA) is 54.6 Å². The van der Waals surface area contributed by atoms with Crippen LogP contribution in [0.3, 0.4) is 0 Å². The number of carbonyl (C=O) groups is 1. The van der Waals surface area contributed by atoms with E-state index in [1.54, 1.807) is 0 Å². The van der Waals surface area contributed by atoms with E-state index in [0.29, 0.717) is 30.9 Å². The first-order valence-electron chi connectivity index (χ1n) is 7.97. The normalized spacial score (nSPS) is 45.2. The molecule has 4 fully saturated rings. The van der Waals surface area contributed by atoms with E-state index < -0.39 is 5.60 Å². The van der Waals surface area contributed by atoms with Crippen molar-refractivity contribution in [1.82, 2.24) is 4.90 Å². The van der Waals surface area contributed by atoms with E-state index in [1.807, 2.05) is 30.3 Å². The van der Waals surface area contributed by atoms with E-state index in [-0.39, 0.29) is 12.1 Å². The number of piperidine rings is 1. The summed E-state index contributed by atoms with van der Waals surface area (Å²) >= 11 is 0. The number of esters is 1. The molecular formula is C17H19NO4. The van der Waals surface area contributed by atoms with Gasteiger partial charge in [0.25, 0.3) is 0 Å². The first-order chi connectivity index (χ1) is 10.7. The van der Waals surface area contributed by atoms with Crippen molar-refractivity contribution in [2.24, 2.45) is 0 Å². The van der Waals surface area contributed by atoms with Crippen LogP contribution in [0.15, 0.2) is 30.3 Å². The highest BCUT2D eigenvalue weighted by molar-refractivity contribution is 5.84. The third-order valence-corrected chi connectivity index (χ3v) is 5.65. The Hall–Kier alpha value is -1.43. The van der Waals surface area contributed by atoms with Gasteiger partial charge >= 0.3 is 5.97 Å². The predicted molar refractivity (Wildman–Crippen MR) is 77.2 cm³/mol. The first kappa shape index (κ1) is 13.0. The Morgan fingerprint density at radius 3 is 2.45 bits per heavy atom. The minimum atomic E-state index is -0.858. The lowest BCUT2D eigenvalue weighted by Crippen LogP contribution is -2.48. The molecule has 0 radical (unpaired) electrons. The van der Waals surface area contributed by atoms with Crippen LogP contribution >= 0.6 is 0 Å². The summed E-state index contributed by atoms with van der Waals surface area (Å²) in [5.74, 6) is -0.234. The summed E-state index contributed by atoms with van der Waals surface area (Å²) in [7, 11) is 2.15. The number of benzene rings is 1. The van der Waals surface area contributed by atoms with Crippen LogP contribution in [0.25, 0.3) is 0 Å². The number of ether oxygens (including phenoxy) is 3. The van der Waals surface area contributed by atoms with Crippen LogP contribution in [-0.2, 0) is 24.6 Å². The van der Waals surface area contributed by atoms with Crippen molar-refractivity contribution in [2.45, 2.75) is 48.8 Å². The molecule has 2 bridgehead atoms. The highest BCUT2D eigenvalue weighted by Gasteiger charge is 2.63. The van der Waals surface area contributed by atoms with Crippen LogP contribution in [0.4, 0.5) is 0 Å². The number of hydrogen-bond donors (Lipinski definition) is 0. The van der Waals surface area contributed by atoms with Crippen molar-refractivity contribution >= 4 is 5.97 Å². The van der Waals surface area contributed by atoms with E-state index in [4.69, 9.17) is 14.2 Å². The monoisotopic (exact) mass is 301 g/mol. The number of rotatable bonds is 3. The van der Waals surface area contributed by atoms with Crippen molar-refractivity contribution < 1.29 is 19.0 Å². The van der Waals surface area contributed by atoms with Crippen LogP contribution in [0.5, 0.6) is 0 Å². The fourth-order valence-corrected chi connectivity index (χ4v) is 4.23. The minimum Gasteiger partial charge on any atom is -0.460 e. The van der Waals surface area contributed by atoms with E-state index >= 15 is 0 Å². The molecule has 4 aliphatic rings. The third-order valence-electron chi connectivity index (χ3n) is 5.65. The van der Waals surface area contributed by atoms with Gasteiger partial charge in [-0.15, -0.1) is 0 Å². The molecule has 4 saturated heterocycles. The second-order valence-corrected chi connectivity index (χ2v) is 6.85. The molecule has 4 aliphatic heterocycles. The number of nitrogens with zero attached hydrogens (tertiary/aromatic N) is 1. The molecule has 0 aliphatic carbocycles. The maximum Gasteiger partial charge on any atom is 0.345 e. The quantitative estimate of drug-likeness (QED) is 0.617. The van der Waals surface area contributed by atoms with Crippen LogP contribution in [0, 0.1) is 0 Å². The average Bonchev–Trinajstić information content (AvgIpc) is 3.42. The van der Waals surface area contributed by atoms with E-state index in [9.17, 15) is 4.79 Å². The Balaban J connectivity index is 1.30. The molecule has 0 saturated carbocycles. The summed E-state index contributed by atoms with van der Waals surface area (Å²) in [6.45, 7) is 0.420. The van der Waals surface area contributed by atoms with E-state index in [2.05, 4.69) is 11.9 Å². The van der Waals surface area contributed by atoms with Crippen LogP contribution in [-0.4, -0.2) is 54.9 Å². The van der Waals surface area contributed by atoms with E-state index in [1.165, 1.54) is 0 Å². The zero-order valence-corrected chi connectivity index (χ0v) is 12.5. The Morgan fingerprint density at radius 2 is 1.86 bits per heavy atom. The number of likely N-dealkylation sites (N-methyl/N-ethyl adjacent to an activating group) is 1. The summed E-state index contributed by atoms with van der Waals surface area (Å²) in [6.07, 6.45) is 2.44. The van der Waals surface area contributed by atoms with Gasteiger partial charge in [0.1, 0.15) is 18.3 Å². The molecule has 116 valence electrons. The molecule has 4 heterocycles. The summed E-state index contributed by atoms with van der Waals surface area (Å²) in [5.41, 5.74) is 0.0328. The van der Waals surface area contributed by atoms with E-state index in [0.717, 1.165) is 18.4 Å². The molecule has 5 rings (SSSR count). The zero-order valence-electron chi connectivity index (χ0n) is 12.5. The Labute approximate surface area is 129 Å². The number of morpholine rings is 1. The van der Waals surface area contributed by atoms with Crippen LogP contribution < -0.4 is 0 Å². The second-order valence-electron chi connectivity index (χ2n) is 6.85. The predicted octanol–water partition coefficient (Wildman–Crippen LogP) is 1.07. The average molecular weight is 301 g/mol. The molecule has 5 heteroatoms. The number of hydrogen-bond acceptors (Lipinski definition) is 5. The molecule has 5 nitrogen and oxygen atoms in total. The molecular weight excluding hydrogens is 282 g/mol. The number of carbonyl (C=O) groups excluding carboxylic acids is 1. The smallest absolute Gasteiger partial charge is 0.345 e.